The van der Waals surface area contributed by atoms with Gasteiger partial charge in [-0.25, -0.2) is 13.2 Å². The summed E-state index contributed by atoms with van der Waals surface area (Å²) in [5, 5.41) is 13.2. The van der Waals surface area contributed by atoms with Crippen LogP contribution in [0.5, 0.6) is 0 Å². The quantitative estimate of drug-likeness (QED) is 0.410. The van der Waals surface area contributed by atoms with Gasteiger partial charge in [-0.1, -0.05) is 42.5 Å². The summed E-state index contributed by atoms with van der Waals surface area (Å²) in [6, 6.07) is 9.58. The van der Waals surface area contributed by atoms with Crippen LogP contribution in [0.4, 0.5) is 4.79 Å². The molecule has 0 aromatic heterocycles. The molecule has 1 aromatic carbocycles. The predicted octanol–water partition coefficient (Wildman–Crippen LogP) is 1.96. The largest absolute Gasteiger partial charge is 0.389 e. The minimum absolute atomic E-state index is 0.0856. The first-order valence-electron chi connectivity index (χ1n) is 11.1. The van der Waals surface area contributed by atoms with Gasteiger partial charge < -0.3 is 15.3 Å². The summed E-state index contributed by atoms with van der Waals surface area (Å²) in [6.45, 7) is 1.12. The lowest BCUT2D eigenvalue weighted by Gasteiger charge is -2.22. The third-order valence-corrected chi connectivity index (χ3v) is 6.81. The maximum absolute atomic E-state index is 12.2. The molecule has 1 aromatic rings. The van der Waals surface area contributed by atoms with Crippen LogP contribution in [0.1, 0.15) is 44.1 Å². The van der Waals surface area contributed by atoms with Crippen molar-refractivity contribution in [3.63, 3.8) is 0 Å². The molecule has 3 N–H and O–H groups in total. The molecule has 1 aliphatic heterocycles. The van der Waals surface area contributed by atoms with E-state index in [1.54, 1.807) is 11.0 Å². The Balaban J connectivity index is 1.43. The normalized spacial score (nSPS) is 20.9. The van der Waals surface area contributed by atoms with Crippen molar-refractivity contribution in [2.75, 3.05) is 19.3 Å². The number of amides is 3. The lowest BCUT2D eigenvalue weighted by atomic mass is 9.94. The predicted molar refractivity (Wildman–Crippen MR) is 122 cm³/mol. The number of nitrogens with zero attached hydrogens (tertiary/aromatic N) is 1. The topological polar surface area (TPSA) is 116 Å². The number of sulfonamides is 1. The second-order valence-electron chi connectivity index (χ2n) is 8.99. The Morgan fingerprint density at radius 2 is 2.03 bits per heavy atom. The SMILES string of the molecule is CS(=O)(=O)NC(=O)CCC1(CCCN2C(=O)NC[C@@H]2C=CC(O)Cc2ccccc2)CC1. The van der Waals surface area contributed by atoms with Crippen molar-refractivity contribution in [3.8, 4) is 0 Å². The van der Waals surface area contributed by atoms with E-state index in [9.17, 15) is 23.1 Å². The van der Waals surface area contributed by atoms with Crippen LogP contribution in [0.15, 0.2) is 42.5 Å². The summed E-state index contributed by atoms with van der Waals surface area (Å²) in [4.78, 5) is 25.8. The molecular weight excluding hydrogens is 430 g/mol. The van der Waals surface area contributed by atoms with Crippen molar-refractivity contribution in [1.29, 1.82) is 0 Å². The van der Waals surface area contributed by atoms with Crippen molar-refractivity contribution >= 4 is 22.0 Å². The van der Waals surface area contributed by atoms with Gasteiger partial charge >= 0.3 is 6.03 Å². The van der Waals surface area contributed by atoms with Gasteiger partial charge in [-0.15, -0.1) is 0 Å². The first kappa shape index (κ1) is 24.3. The monoisotopic (exact) mass is 463 g/mol. The molecule has 1 saturated carbocycles. The number of rotatable bonds is 12. The van der Waals surface area contributed by atoms with Gasteiger partial charge in [-0.2, -0.15) is 0 Å². The number of hydrogen-bond acceptors (Lipinski definition) is 5. The summed E-state index contributed by atoms with van der Waals surface area (Å²) >= 11 is 0. The van der Waals surface area contributed by atoms with Crippen molar-refractivity contribution in [1.82, 2.24) is 14.9 Å². The number of carbonyl (C=O) groups is 2. The minimum atomic E-state index is -3.52. The number of aliphatic hydroxyl groups is 1. The number of carbonyl (C=O) groups excluding carboxylic acids is 2. The fourth-order valence-corrected chi connectivity index (χ4v) is 4.75. The van der Waals surface area contributed by atoms with Gasteiger partial charge in [0.25, 0.3) is 0 Å². The average molecular weight is 464 g/mol. The van der Waals surface area contributed by atoms with Crippen LogP contribution in [0.2, 0.25) is 0 Å². The van der Waals surface area contributed by atoms with Crippen LogP contribution in [0.25, 0.3) is 0 Å². The van der Waals surface area contributed by atoms with Crippen LogP contribution < -0.4 is 10.0 Å². The van der Waals surface area contributed by atoms with Crippen LogP contribution in [0.3, 0.4) is 0 Å². The Labute approximate surface area is 190 Å². The summed E-state index contributed by atoms with van der Waals surface area (Å²) in [6.07, 6.45) is 9.18. The standard InChI is InChI=1S/C23H33N3O5S/c1-32(30,31)25-21(28)10-12-23(13-14-23)11-5-15-26-19(17-24-22(26)29)8-9-20(27)16-18-6-3-2-4-7-18/h2-4,6-9,19-20,27H,5,10-17H2,1H3,(H,24,29)(H,25,28)/t19-,20?/m0/s1. The zero-order chi connectivity index (χ0) is 23.2. The fourth-order valence-electron chi connectivity index (χ4n) is 4.24. The smallest absolute Gasteiger partial charge is 0.318 e. The molecule has 0 radical (unpaired) electrons. The second-order valence-corrected chi connectivity index (χ2v) is 10.7. The van der Waals surface area contributed by atoms with Crippen LogP contribution in [-0.4, -0.2) is 61.9 Å². The number of aliphatic hydroxyl groups excluding tert-OH is 1. The summed E-state index contributed by atoms with van der Waals surface area (Å²) in [7, 11) is -3.52. The van der Waals surface area contributed by atoms with Gasteiger partial charge in [0.1, 0.15) is 0 Å². The molecule has 2 aliphatic rings. The van der Waals surface area contributed by atoms with E-state index in [0.717, 1.165) is 37.5 Å². The van der Waals surface area contributed by atoms with Crippen LogP contribution in [-0.2, 0) is 21.2 Å². The minimum Gasteiger partial charge on any atom is -0.389 e. The van der Waals surface area contributed by atoms with Gasteiger partial charge in [0.2, 0.25) is 15.9 Å². The highest BCUT2D eigenvalue weighted by Crippen LogP contribution is 2.53. The molecule has 176 valence electrons. The molecule has 0 bridgehead atoms. The summed E-state index contributed by atoms with van der Waals surface area (Å²) < 4.78 is 24.3. The first-order valence-corrected chi connectivity index (χ1v) is 13.0. The third-order valence-electron chi connectivity index (χ3n) is 6.21. The summed E-state index contributed by atoms with van der Waals surface area (Å²) in [5.74, 6) is -0.461. The Morgan fingerprint density at radius 1 is 1.31 bits per heavy atom. The number of urea groups is 1. The second kappa shape index (κ2) is 10.5. The van der Waals surface area contributed by atoms with Crippen LogP contribution >= 0.6 is 0 Å². The van der Waals surface area contributed by atoms with E-state index < -0.39 is 22.0 Å². The van der Waals surface area contributed by atoms with Crippen molar-refractivity contribution in [3.05, 3.63) is 48.0 Å². The van der Waals surface area contributed by atoms with Crippen molar-refractivity contribution < 1.29 is 23.1 Å². The lowest BCUT2D eigenvalue weighted by Crippen LogP contribution is -2.34. The molecule has 1 aliphatic carbocycles. The zero-order valence-electron chi connectivity index (χ0n) is 18.5. The molecule has 2 atom stereocenters. The molecule has 1 heterocycles. The Kier molecular flexibility index (Phi) is 7.95. The first-order chi connectivity index (χ1) is 15.2. The lowest BCUT2D eigenvalue weighted by molar-refractivity contribution is -0.119. The van der Waals surface area contributed by atoms with Gasteiger partial charge in [-0.3, -0.25) is 9.52 Å². The number of hydrogen-bond donors (Lipinski definition) is 3. The molecule has 1 unspecified atom stereocenters. The molecule has 9 heteroatoms. The maximum atomic E-state index is 12.2. The van der Waals surface area contributed by atoms with E-state index in [1.165, 1.54) is 0 Å². The summed E-state index contributed by atoms with van der Waals surface area (Å²) in [5.41, 5.74) is 1.14. The molecule has 3 amide bonds. The molecule has 8 nitrogen and oxygen atoms in total. The Morgan fingerprint density at radius 3 is 2.69 bits per heavy atom. The third kappa shape index (κ3) is 7.63. The Bertz CT molecular complexity index is 928. The highest BCUT2D eigenvalue weighted by molar-refractivity contribution is 7.89. The molecule has 2 fully saturated rings. The van der Waals surface area contributed by atoms with E-state index in [4.69, 9.17) is 0 Å². The van der Waals surface area contributed by atoms with E-state index in [1.807, 2.05) is 41.1 Å². The molecule has 32 heavy (non-hydrogen) atoms. The molecule has 0 spiro atoms. The van der Waals surface area contributed by atoms with E-state index in [0.29, 0.717) is 25.9 Å². The van der Waals surface area contributed by atoms with Gasteiger partial charge in [-0.05, 0) is 43.1 Å². The van der Waals surface area contributed by atoms with Gasteiger partial charge in [0.05, 0.1) is 18.4 Å². The number of benzene rings is 1. The molecular formula is C23H33N3O5S. The number of nitrogens with one attached hydrogen (secondary N) is 2. The van der Waals surface area contributed by atoms with E-state index in [-0.39, 0.29) is 23.9 Å². The average Bonchev–Trinajstić information content (AvgIpc) is 3.41. The molecule has 1 saturated heterocycles. The van der Waals surface area contributed by atoms with E-state index in [2.05, 4.69) is 5.32 Å². The highest BCUT2D eigenvalue weighted by Gasteiger charge is 2.42. The van der Waals surface area contributed by atoms with Crippen molar-refractivity contribution in [2.45, 2.75) is 57.1 Å². The van der Waals surface area contributed by atoms with E-state index >= 15 is 0 Å². The van der Waals surface area contributed by atoms with Gasteiger partial charge in [0, 0.05) is 25.9 Å². The van der Waals surface area contributed by atoms with Crippen molar-refractivity contribution in [2.24, 2.45) is 5.41 Å². The maximum Gasteiger partial charge on any atom is 0.318 e. The Hall–Kier alpha value is -2.39. The molecule has 3 rings (SSSR count). The van der Waals surface area contributed by atoms with Crippen LogP contribution in [0, 0.1) is 5.41 Å². The fraction of sp³-hybridized carbons (Fsp3) is 0.565. The van der Waals surface area contributed by atoms with Gasteiger partial charge in [0.15, 0.2) is 0 Å². The highest BCUT2D eigenvalue weighted by atomic mass is 32.2. The zero-order valence-corrected chi connectivity index (χ0v) is 19.3.